The molecule has 2 rings (SSSR count). The Bertz CT molecular complexity index is 462. The van der Waals surface area contributed by atoms with Crippen LogP contribution >= 0.6 is 0 Å². The summed E-state index contributed by atoms with van der Waals surface area (Å²) in [6, 6.07) is 18.9. The van der Waals surface area contributed by atoms with Crippen LogP contribution in [0, 0.1) is 0 Å². The van der Waals surface area contributed by atoms with Crippen molar-refractivity contribution in [2.45, 2.75) is 19.6 Å². The summed E-state index contributed by atoms with van der Waals surface area (Å²) in [5.74, 6) is 0. The molecule has 2 aromatic carbocycles. The van der Waals surface area contributed by atoms with Crippen molar-refractivity contribution in [1.82, 2.24) is 5.32 Å². The Balaban J connectivity index is 1.98. The molecule has 94 valence electrons. The van der Waals surface area contributed by atoms with Gasteiger partial charge in [0, 0.05) is 13.1 Å². The smallest absolute Gasteiger partial charge is 0.0636 e. The molecule has 0 bridgehead atoms. The Labute approximate surface area is 108 Å². The lowest BCUT2D eigenvalue weighted by atomic mass is 10.0. The van der Waals surface area contributed by atoms with E-state index in [-0.39, 0.29) is 6.10 Å². The van der Waals surface area contributed by atoms with Crippen LogP contribution in [0.5, 0.6) is 0 Å². The molecule has 0 fully saturated rings. The maximum atomic E-state index is 9.16. The highest BCUT2D eigenvalue weighted by atomic mass is 16.3. The maximum absolute atomic E-state index is 9.16. The summed E-state index contributed by atoms with van der Waals surface area (Å²) < 4.78 is 0. The van der Waals surface area contributed by atoms with E-state index in [1.165, 1.54) is 16.7 Å². The van der Waals surface area contributed by atoms with Crippen molar-refractivity contribution in [3.63, 3.8) is 0 Å². The molecule has 0 saturated heterocycles. The van der Waals surface area contributed by atoms with E-state index < -0.39 is 0 Å². The van der Waals surface area contributed by atoms with Crippen molar-refractivity contribution in [2.75, 3.05) is 6.54 Å². The molecule has 0 unspecified atom stereocenters. The van der Waals surface area contributed by atoms with E-state index in [1.807, 2.05) is 18.2 Å². The summed E-state index contributed by atoms with van der Waals surface area (Å²) in [6.07, 6.45) is -0.298. The van der Waals surface area contributed by atoms with Crippen molar-refractivity contribution < 1.29 is 5.11 Å². The van der Waals surface area contributed by atoms with E-state index in [9.17, 15) is 0 Å². The van der Waals surface area contributed by atoms with Gasteiger partial charge < -0.3 is 10.4 Å². The first-order chi connectivity index (χ1) is 8.75. The number of nitrogens with one attached hydrogen (secondary N) is 1. The van der Waals surface area contributed by atoms with E-state index >= 15 is 0 Å². The minimum Gasteiger partial charge on any atom is -0.392 e. The molecule has 0 aliphatic carbocycles. The third kappa shape index (κ3) is 3.69. The molecule has 0 radical (unpaired) electrons. The van der Waals surface area contributed by atoms with Crippen LogP contribution in [0.2, 0.25) is 0 Å². The molecule has 2 nitrogen and oxygen atoms in total. The lowest BCUT2D eigenvalue weighted by Crippen LogP contribution is -2.23. The van der Waals surface area contributed by atoms with Gasteiger partial charge in [-0.15, -0.1) is 0 Å². The highest BCUT2D eigenvalue weighted by Gasteiger charge is 1.98. The minimum absolute atomic E-state index is 0.298. The fourth-order valence-electron chi connectivity index (χ4n) is 1.87. The van der Waals surface area contributed by atoms with Gasteiger partial charge in [0.1, 0.15) is 0 Å². The Kier molecular flexibility index (Phi) is 4.51. The second-order valence-electron chi connectivity index (χ2n) is 4.54. The van der Waals surface area contributed by atoms with Crippen molar-refractivity contribution in [2.24, 2.45) is 0 Å². The molecule has 0 spiro atoms. The number of hydrogen-bond donors (Lipinski definition) is 2. The first-order valence-electron chi connectivity index (χ1n) is 6.29. The van der Waals surface area contributed by atoms with Gasteiger partial charge in [0.15, 0.2) is 0 Å². The summed E-state index contributed by atoms with van der Waals surface area (Å²) in [6.45, 7) is 3.20. The minimum atomic E-state index is -0.298. The predicted molar refractivity (Wildman–Crippen MR) is 75.3 cm³/mol. The van der Waals surface area contributed by atoms with Crippen LogP contribution in [0.25, 0.3) is 11.1 Å². The van der Waals surface area contributed by atoms with Gasteiger partial charge >= 0.3 is 0 Å². The summed E-state index contributed by atoms with van der Waals surface area (Å²) >= 11 is 0. The molecular weight excluding hydrogens is 222 g/mol. The van der Waals surface area contributed by atoms with Gasteiger partial charge in [0.2, 0.25) is 0 Å². The molecule has 2 N–H and O–H groups in total. The molecule has 0 aromatic heterocycles. The maximum Gasteiger partial charge on any atom is 0.0636 e. The molecule has 2 aromatic rings. The average molecular weight is 241 g/mol. The van der Waals surface area contributed by atoms with Gasteiger partial charge in [0.05, 0.1) is 6.10 Å². The second kappa shape index (κ2) is 6.34. The van der Waals surface area contributed by atoms with Crippen LogP contribution < -0.4 is 5.32 Å². The van der Waals surface area contributed by atoms with E-state index in [0.29, 0.717) is 6.54 Å². The zero-order valence-corrected chi connectivity index (χ0v) is 10.6. The fourth-order valence-corrected chi connectivity index (χ4v) is 1.87. The average Bonchev–Trinajstić information content (AvgIpc) is 2.40. The zero-order valence-electron chi connectivity index (χ0n) is 10.6. The molecule has 0 saturated carbocycles. The normalized spacial score (nSPS) is 12.3. The Morgan fingerprint density at radius 3 is 2.17 bits per heavy atom. The molecular formula is C16H19NO. The first kappa shape index (κ1) is 12.8. The van der Waals surface area contributed by atoms with E-state index in [2.05, 4.69) is 41.7 Å². The summed E-state index contributed by atoms with van der Waals surface area (Å²) in [5, 5.41) is 12.4. The number of hydrogen-bond acceptors (Lipinski definition) is 2. The van der Waals surface area contributed by atoms with Gasteiger partial charge in [0.25, 0.3) is 0 Å². The van der Waals surface area contributed by atoms with Crippen molar-refractivity contribution in [3.05, 3.63) is 60.2 Å². The van der Waals surface area contributed by atoms with Crippen LogP contribution in [0.15, 0.2) is 54.6 Å². The van der Waals surface area contributed by atoms with Gasteiger partial charge in [-0.2, -0.15) is 0 Å². The zero-order chi connectivity index (χ0) is 12.8. The van der Waals surface area contributed by atoms with Gasteiger partial charge in [-0.1, -0.05) is 54.6 Å². The monoisotopic (exact) mass is 241 g/mol. The topological polar surface area (TPSA) is 32.3 Å². The van der Waals surface area contributed by atoms with Crippen LogP contribution in [-0.2, 0) is 6.54 Å². The van der Waals surface area contributed by atoms with Crippen LogP contribution in [0.4, 0.5) is 0 Å². The first-order valence-corrected chi connectivity index (χ1v) is 6.29. The lowest BCUT2D eigenvalue weighted by molar-refractivity contribution is 0.191. The van der Waals surface area contributed by atoms with Crippen LogP contribution in [0.1, 0.15) is 12.5 Å². The fraction of sp³-hybridized carbons (Fsp3) is 0.250. The number of benzene rings is 2. The molecule has 0 amide bonds. The highest BCUT2D eigenvalue weighted by Crippen LogP contribution is 2.19. The molecule has 0 aliphatic heterocycles. The standard InChI is InChI=1S/C16H19NO/c1-13(18)11-17-12-14-7-9-16(10-8-14)15-5-3-2-4-6-15/h2-10,13,17-18H,11-12H2,1H3/t13-/m1/s1. The van der Waals surface area contributed by atoms with Gasteiger partial charge in [-0.05, 0) is 23.6 Å². The van der Waals surface area contributed by atoms with Gasteiger partial charge in [-0.25, -0.2) is 0 Å². The molecule has 0 heterocycles. The Hall–Kier alpha value is -1.64. The summed E-state index contributed by atoms with van der Waals surface area (Å²) in [4.78, 5) is 0. The SMILES string of the molecule is C[C@@H](O)CNCc1ccc(-c2ccccc2)cc1. The van der Waals surface area contributed by atoms with Crippen molar-refractivity contribution in [3.8, 4) is 11.1 Å². The Morgan fingerprint density at radius 1 is 0.944 bits per heavy atom. The van der Waals surface area contributed by atoms with E-state index in [0.717, 1.165) is 6.54 Å². The van der Waals surface area contributed by atoms with Gasteiger partial charge in [-0.3, -0.25) is 0 Å². The number of aliphatic hydroxyl groups is 1. The van der Waals surface area contributed by atoms with E-state index in [4.69, 9.17) is 5.11 Å². The molecule has 0 aliphatic rings. The van der Waals surface area contributed by atoms with Crippen LogP contribution in [0.3, 0.4) is 0 Å². The molecule has 2 heteroatoms. The van der Waals surface area contributed by atoms with Crippen molar-refractivity contribution >= 4 is 0 Å². The molecule has 1 atom stereocenters. The van der Waals surface area contributed by atoms with Crippen LogP contribution in [-0.4, -0.2) is 17.8 Å². The number of rotatable bonds is 5. The summed E-state index contributed by atoms with van der Waals surface area (Å²) in [7, 11) is 0. The second-order valence-corrected chi connectivity index (χ2v) is 4.54. The number of aliphatic hydroxyl groups excluding tert-OH is 1. The third-order valence-corrected chi connectivity index (χ3v) is 2.83. The predicted octanol–water partition coefficient (Wildman–Crippen LogP) is 2.82. The van der Waals surface area contributed by atoms with E-state index in [1.54, 1.807) is 6.92 Å². The Morgan fingerprint density at radius 2 is 1.56 bits per heavy atom. The lowest BCUT2D eigenvalue weighted by Gasteiger charge is -2.08. The van der Waals surface area contributed by atoms with Crippen molar-refractivity contribution in [1.29, 1.82) is 0 Å². The summed E-state index contributed by atoms with van der Waals surface area (Å²) in [5.41, 5.74) is 3.70. The molecule has 18 heavy (non-hydrogen) atoms. The third-order valence-electron chi connectivity index (χ3n) is 2.83. The highest BCUT2D eigenvalue weighted by molar-refractivity contribution is 5.63. The quantitative estimate of drug-likeness (QED) is 0.843. The largest absolute Gasteiger partial charge is 0.392 e.